The molecule has 2 amide bonds. The van der Waals surface area contributed by atoms with Crippen LogP contribution in [-0.2, 0) is 0 Å². The van der Waals surface area contributed by atoms with Gasteiger partial charge in [0, 0.05) is 33.0 Å². The lowest BCUT2D eigenvalue weighted by atomic mass is 9.76. The van der Waals surface area contributed by atoms with Gasteiger partial charge in [0.1, 0.15) is 17.5 Å². The van der Waals surface area contributed by atoms with Crippen LogP contribution in [0.2, 0.25) is 0 Å². The third-order valence-electron chi connectivity index (χ3n) is 9.47. The molecule has 0 radical (unpaired) electrons. The largest absolute Gasteiger partial charge is 0.495 e. The van der Waals surface area contributed by atoms with Crippen LogP contribution in [0.3, 0.4) is 0 Å². The lowest BCUT2D eigenvalue weighted by Gasteiger charge is -2.31. The molecule has 0 atom stereocenters. The molecule has 0 saturated heterocycles. The summed E-state index contributed by atoms with van der Waals surface area (Å²) in [4.78, 5) is 77.9. The molecular weight excluding hydrogens is 606 g/mol. The number of nitrogens with one attached hydrogen (secondary N) is 1. The fourth-order valence-corrected chi connectivity index (χ4v) is 7.19. The van der Waals surface area contributed by atoms with Gasteiger partial charge in [-0.15, -0.1) is 0 Å². The average Bonchev–Trinajstić information content (AvgIpc) is 3.64. The molecule has 48 heavy (non-hydrogen) atoms. The predicted octanol–water partition coefficient (Wildman–Crippen LogP) is 6.54. The SMILES string of the molecule is COc1cc(C2=CCC=C2)ccc1N1C(=O)c2ccc3c4c(ccc(c24)C1=O)C(=O)C(c1nc2cc4ccccc4cc2c(=O)[nH]1)C3=O. The first kappa shape index (κ1) is 27.8. The van der Waals surface area contributed by atoms with Crippen LogP contribution in [0.25, 0.3) is 38.0 Å². The maximum absolute atomic E-state index is 14.1. The minimum atomic E-state index is -1.40. The van der Waals surface area contributed by atoms with Crippen LogP contribution in [0.1, 0.15) is 65.2 Å². The van der Waals surface area contributed by atoms with Gasteiger partial charge in [-0.1, -0.05) is 48.6 Å². The van der Waals surface area contributed by atoms with E-state index in [0.29, 0.717) is 16.7 Å². The van der Waals surface area contributed by atoms with E-state index in [1.807, 2.05) is 42.5 Å². The molecular formula is C39H23N3O6. The molecule has 9 rings (SSSR count). The van der Waals surface area contributed by atoms with Gasteiger partial charge in [0.25, 0.3) is 17.4 Å². The van der Waals surface area contributed by atoms with E-state index in [0.717, 1.165) is 33.2 Å². The summed E-state index contributed by atoms with van der Waals surface area (Å²) in [7, 11) is 1.48. The molecule has 230 valence electrons. The number of benzene rings is 5. The quantitative estimate of drug-likeness (QED) is 0.133. The molecule has 0 bridgehead atoms. The number of H-pyrrole nitrogens is 1. The number of fused-ring (bicyclic) bond motifs is 2. The highest BCUT2D eigenvalue weighted by molar-refractivity contribution is 6.40. The Balaban J connectivity index is 1.15. The number of Topliss-reactive ketones (excluding diaryl/α,β-unsaturated/α-hetero) is 2. The molecule has 2 heterocycles. The second-order valence-electron chi connectivity index (χ2n) is 12.0. The highest BCUT2D eigenvalue weighted by atomic mass is 16.5. The zero-order chi connectivity index (χ0) is 32.8. The number of carbonyl (C=O) groups excluding carboxylic acids is 4. The lowest BCUT2D eigenvalue weighted by molar-refractivity contribution is 0.0842. The minimum Gasteiger partial charge on any atom is -0.495 e. The van der Waals surface area contributed by atoms with Crippen LogP contribution in [0.15, 0.2) is 102 Å². The monoisotopic (exact) mass is 629 g/mol. The predicted molar refractivity (Wildman–Crippen MR) is 181 cm³/mol. The number of anilines is 1. The Morgan fingerprint density at radius 3 is 2.06 bits per heavy atom. The van der Waals surface area contributed by atoms with Gasteiger partial charge in [0.15, 0.2) is 11.6 Å². The summed E-state index contributed by atoms with van der Waals surface area (Å²) in [5, 5.41) is 2.56. The summed E-state index contributed by atoms with van der Waals surface area (Å²) < 4.78 is 5.64. The first-order valence-corrected chi connectivity index (χ1v) is 15.4. The molecule has 5 aromatic carbocycles. The minimum absolute atomic E-state index is 0.0606. The molecule has 1 aromatic heterocycles. The Morgan fingerprint density at radius 2 is 1.42 bits per heavy atom. The smallest absolute Gasteiger partial charge is 0.266 e. The molecule has 1 aliphatic heterocycles. The van der Waals surface area contributed by atoms with E-state index in [1.165, 1.54) is 31.4 Å². The number of carbonyl (C=O) groups is 4. The van der Waals surface area contributed by atoms with Crippen molar-refractivity contribution >= 4 is 67.1 Å². The molecule has 1 N–H and O–H groups in total. The summed E-state index contributed by atoms with van der Waals surface area (Å²) >= 11 is 0. The number of ether oxygens (including phenoxy) is 1. The first-order valence-electron chi connectivity index (χ1n) is 15.4. The Bertz CT molecular complexity index is 2580. The number of aromatic amines is 1. The fourth-order valence-electron chi connectivity index (χ4n) is 7.19. The molecule has 0 fully saturated rings. The standard InChI is InChI=1S/C39H23N3O6/c1-48-30-18-22(19-6-2-3-7-19)10-15-29(30)42-38(46)25-13-11-23-31-24(12-14-26(32(25)31)39(42)47)35(44)33(34(23)43)36-40-28-17-21-9-5-4-8-20(21)16-27(28)37(45)41-36/h2,4-18,33H,3H2,1H3,(H,40,41,45). The summed E-state index contributed by atoms with van der Waals surface area (Å²) in [6, 6.07) is 22.4. The van der Waals surface area contributed by atoms with Crippen LogP contribution < -0.4 is 15.2 Å². The van der Waals surface area contributed by atoms with Gasteiger partial charge in [-0.2, -0.15) is 0 Å². The third kappa shape index (κ3) is 3.78. The maximum Gasteiger partial charge on any atom is 0.266 e. The zero-order valence-corrected chi connectivity index (χ0v) is 25.4. The van der Waals surface area contributed by atoms with Crippen LogP contribution in [-0.4, -0.2) is 40.5 Å². The van der Waals surface area contributed by atoms with Gasteiger partial charge in [-0.05, 0) is 76.9 Å². The molecule has 3 aliphatic rings. The Morgan fingerprint density at radius 1 is 0.771 bits per heavy atom. The average molecular weight is 630 g/mol. The fraction of sp³-hybridized carbons (Fsp3) is 0.0769. The van der Waals surface area contributed by atoms with Gasteiger partial charge in [0.2, 0.25) is 0 Å². The molecule has 9 nitrogen and oxygen atoms in total. The van der Waals surface area contributed by atoms with Crippen LogP contribution >= 0.6 is 0 Å². The Kier molecular flexibility index (Phi) is 5.80. The number of nitrogens with zero attached hydrogens (tertiary/aromatic N) is 2. The summed E-state index contributed by atoms with van der Waals surface area (Å²) in [6.07, 6.45) is 6.95. The van der Waals surface area contributed by atoms with E-state index in [9.17, 15) is 24.0 Å². The molecule has 0 saturated carbocycles. The van der Waals surface area contributed by atoms with Gasteiger partial charge < -0.3 is 9.72 Å². The first-order chi connectivity index (χ1) is 23.3. The van der Waals surface area contributed by atoms with Crippen molar-refractivity contribution in [3.63, 3.8) is 0 Å². The van der Waals surface area contributed by atoms with Gasteiger partial charge in [-0.3, -0.25) is 24.0 Å². The topological polar surface area (TPSA) is 126 Å². The Hall–Kier alpha value is -6.48. The van der Waals surface area contributed by atoms with E-state index in [1.54, 1.807) is 24.3 Å². The zero-order valence-electron chi connectivity index (χ0n) is 25.4. The molecule has 2 aliphatic carbocycles. The highest BCUT2D eigenvalue weighted by Gasteiger charge is 2.43. The van der Waals surface area contributed by atoms with E-state index in [-0.39, 0.29) is 44.5 Å². The number of hydrogen-bond acceptors (Lipinski definition) is 7. The summed E-state index contributed by atoms with van der Waals surface area (Å²) in [5.74, 6) is -3.46. The second kappa shape index (κ2) is 10.0. The van der Waals surface area contributed by atoms with E-state index in [4.69, 9.17) is 4.74 Å². The van der Waals surface area contributed by atoms with Crippen molar-refractivity contribution in [2.24, 2.45) is 0 Å². The molecule has 0 unspecified atom stereocenters. The molecule has 6 aromatic rings. The van der Waals surface area contributed by atoms with Crippen molar-refractivity contribution in [2.75, 3.05) is 12.0 Å². The van der Waals surface area contributed by atoms with Crippen molar-refractivity contribution < 1.29 is 23.9 Å². The molecule has 0 spiro atoms. The van der Waals surface area contributed by atoms with Crippen LogP contribution in [0, 0.1) is 0 Å². The number of rotatable bonds is 4. The number of ketones is 2. The number of amides is 2. The molecule has 9 heteroatoms. The van der Waals surface area contributed by atoms with Crippen molar-refractivity contribution in [3.05, 3.63) is 141 Å². The summed E-state index contributed by atoms with van der Waals surface area (Å²) in [5.41, 5.74) is 2.79. The number of hydrogen-bond donors (Lipinski definition) is 1. The Labute approximate surface area is 271 Å². The van der Waals surface area contributed by atoms with Crippen molar-refractivity contribution in [1.82, 2.24) is 9.97 Å². The van der Waals surface area contributed by atoms with Gasteiger partial charge in [0.05, 0.1) is 23.7 Å². The van der Waals surface area contributed by atoms with Crippen molar-refractivity contribution in [2.45, 2.75) is 12.3 Å². The number of imide groups is 1. The highest BCUT2D eigenvalue weighted by Crippen LogP contribution is 2.43. The number of aromatic nitrogens is 2. The summed E-state index contributed by atoms with van der Waals surface area (Å²) in [6.45, 7) is 0. The maximum atomic E-state index is 14.1. The second-order valence-corrected chi connectivity index (χ2v) is 12.0. The van der Waals surface area contributed by atoms with E-state index >= 15 is 0 Å². The van der Waals surface area contributed by atoms with Gasteiger partial charge >= 0.3 is 0 Å². The van der Waals surface area contributed by atoms with Crippen LogP contribution in [0.4, 0.5) is 5.69 Å². The van der Waals surface area contributed by atoms with Gasteiger partial charge in [-0.25, -0.2) is 9.88 Å². The van der Waals surface area contributed by atoms with Crippen molar-refractivity contribution in [3.8, 4) is 5.75 Å². The lowest BCUT2D eigenvalue weighted by Crippen LogP contribution is -2.41. The third-order valence-corrected chi connectivity index (χ3v) is 9.47. The number of allylic oxidation sites excluding steroid dienone is 4. The number of methoxy groups -OCH3 is 1. The normalized spacial score (nSPS) is 15.7. The van der Waals surface area contributed by atoms with E-state index < -0.39 is 34.9 Å². The van der Waals surface area contributed by atoms with E-state index in [2.05, 4.69) is 16.0 Å². The van der Waals surface area contributed by atoms with Crippen molar-refractivity contribution in [1.29, 1.82) is 0 Å². The van der Waals surface area contributed by atoms with Crippen LogP contribution in [0.5, 0.6) is 5.75 Å².